The molecule has 0 saturated carbocycles. The number of carbonyl (C=O) groups excluding carboxylic acids is 2. The molecule has 0 spiro atoms. The van der Waals surface area contributed by atoms with E-state index in [0.717, 1.165) is 0 Å². The van der Waals surface area contributed by atoms with E-state index in [1.54, 1.807) is 0 Å². The van der Waals surface area contributed by atoms with Gasteiger partial charge in [0.15, 0.2) is 12.4 Å². The molecule has 1 unspecified atom stereocenters. The van der Waals surface area contributed by atoms with Gasteiger partial charge < -0.3 is 44.8 Å². The molecular weight excluding hydrogens is 320 g/mol. The van der Waals surface area contributed by atoms with E-state index in [2.05, 4.69) is 4.74 Å². The fraction of sp³-hybridized carbons (Fsp3) is 0.833. The molecule has 0 aromatic carbocycles. The van der Waals surface area contributed by atoms with E-state index >= 15 is 0 Å². The summed E-state index contributed by atoms with van der Waals surface area (Å²) in [6.45, 7) is -1.29. The van der Waals surface area contributed by atoms with Crippen molar-refractivity contribution in [3.63, 3.8) is 0 Å². The summed E-state index contributed by atoms with van der Waals surface area (Å²) < 4.78 is 14.5. The van der Waals surface area contributed by atoms with Crippen LogP contribution < -0.4 is 0 Å². The number of aliphatic hydroxyl groups excluding tert-OH is 6. The number of aliphatic hydroxyl groups is 6. The van der Waals surface area contributed by atoms with Gasteiger partial charge >= 0.3 is 5.97 Å². The molecule has 0 aromatic heterocycles. The summed E-state index contributed by atoms with van der Waals surface area (Å²) in [5, 5.41) is 56.8. The van der Waals surface area contributed by atoms with Gasteiger partial charge in [-0.3, -0.25) is 4.79 Å². The first-order valence-electron chi connectivity index (χ1n) is 6.80. The maximum absolute atomic E-state index is 11.5. The Hall–Kier alpha value is -1.18. The zero-order chi connectivity index (χ0) is 17.3. The smallest absolute Gasteiger partial charge is 0.343 e. The van der Waals surface area contributed by atoms with Crippen molar-refractivity contribution < 1.29 is 54.4 Å². The molecule has 0 radical (unpaired) electrons. The van der Waals surface area contributed by atoms with Gasteiger partial charge in [-0.25, -0.2) is 4.79 Å². The van der Waals surface area contributed by atoms with Crippen molar-refractivity contribution in [1.29, 1.82) is 0 Å². The number of hydrogen-bond acceptors (Lipinski definition) is 11. The molecule has 0 bridgehead atoms. The lowest BCUT2D eigenvalue weighted by Crippen LogP contribution is -2.59. The maximum Gasteiger partial charge on any atom is 0.343 e. The highest BCUT2D eigenvalue weighted by molar-refractivity contribution is 6.09. The van der Waals surface area contributed by atoms with Crippen molar-refractivity contribution >= 4 is 11.8 Å². The SMILES string of the molecule is O=C1O[C@H]([C@@H](O)CO[C@H]2O[C@H](CO)[C@@H](O)[C@H](O)[C@H]2O)C(=O)C1O. The molecule has 2 aliphatic rings. The monoisotopic (exact) mass is 338 g/mol. The van der Waals surface area contributed by atoms with Crippen molar-refractivity contribution in [2.45, 2.75) is 49.0 Å². The largest absolute Gasteiger partial charge is 0.449 e. The second kappa shape index (κ2) is 7.15. The van der Waals surface area contributed by atoms with Crippen LogP contribution in [0.4, 0.5) is 0 Å². The van der Waals surface area contributed by atoms with Crippen LogP contribution in [0, 0.1) is 0 Å². The van der Waals surface area contributed by atoms with Gasteiger partial charge in [0, 0.05) is 0 Å². The van der Waals surface area contributed by atoms with Crippen LogP contribution >= 0.6 is 0 Å². The minimum absolute atomic E-state index is 0.640. The molecular formula is C12H18O11. The predicted molar refractivity (Wildman–Crippen MR) is 66.6 cm³/mol. The molecule has 2 aliphatic heterocycles. The van der Waals surface area contributed by atoms with Crippen molar-refractivity contribution in [3.05, 3.63) is 0 Å². The van der Waals surface area contributed by atoms with Gasteiger partial charge in [0.1, 0.15) is 30.5 Å². The summed E-state index contributed by atoms with van der Waals surface area (Å²) in [5.74, 6) is -2.22. The maximum atomic E-state index is 11.5. The van der Waals surface area contributed by atoms with Gasteiger partial charge in [-0.1, -0.05) is 0 Å². The Morgan fingerprint density at radius 3 is 2.26 bits per heavy atom. The van der Waals surface area contributed by atoms with Crippen molar-refractivity contribution in [2.24, 2.45) is 0 Å². The Labute approximate surface area is 129 Å². The number of rotatable bonds is 5. The van der Waals surface area contributed by atoms with Gasteiger partial charge in [-0.05, 0) is 0 Å². The fourth-order valence-electron chi connectivity index (χ4n) is 2.27. The number of ether oxygens (including phenoxy) is 3. The highest BCUT2D eigenvalue weighted by atomic mass is 16.7. The van der Waals surface area contributed by atoms with Gasteiger partial charge in [-0.2, -0.15) is 0 Å². The van der Waals surface area contributed by atoms with Crippen molar-refractivity contribution in [2.75, 3.05) is 13.2 Å². The number of cyclic esters (lactones) is 1. The highest BCUT2D eigenvalue weighted by Crippen LogP contribution is 2.23. The third-order valence-corrected chi connectivity index (χ3v) is 3.65. The molecule has 0 aromatic rings. The summed E-state index contributed by atoms with van der Waals surface area (Å²) in [4.78, 5) is 22.5. The molecule has 2 heterocycles. The molecule has 6 N–H and O–H groups in total. The molecule has 8 atom stereocenters. The summed E-state index contributed by atoms with van der Waals surface area (Å²) in [6.07, 6.45) is -12.8. The summed E-state index contributed by atoms with van der Waals surface area (Å²) in [6, 6.07) is 0. The van der Waals surface area contributed by atoms with Crippen LogP contribution in [0.25, 0.3) is 0 Å². The Balaban J connectivity index is 1.92. The average molecular weight is 338 g/mol. The topological polar surface area (TPSA) is 183 Å². The summed E-state index contributed by atoms with van der Waals surface area (Å²) in [5.41, 5.74) is 0. The second-order valence-electron chi connectivity index (χ2n) is 5.26. The fourth-order valence-corrected chi connectivity index (χ4v) is 2.27. The van der Waals surface area contributed by atoms with E-state index in [4.69, 9.17) is 19.7 Å². The van der Waals surface area contributed by atoms with Crippen LogP contribution in [0.3, 0.4) is 0 Å². The third kappa shape index (κ3) is 3.51. The molecule has 2 fully saturated rings. The average Bonchev–Trinajstić information content (AvgIpc) is 2.79. The Kier molecular flexibility index (Phi) is 5.65. The summed E-state index contributed by atoms with van der Waals surface area (Å²) >= 11 is 0. The lowest BCUT2D eigenvalue weighted by atomic mass is 9.99. The molecule has 132 valence electrons. The minimum Gasteiger partial charge on any atom is -0.449 e. The quantitative estimate of drug-likeness (QED) is 0.208. The molecule has 2 rings (SSSR count). The zero-order valence-corrected chi connectivity index (χ0v) is 11.8. The normalized spacial score (nSPS) is 42.6. The number of ketones is 1. The van der Waals surface area contributed by atoms with Gasteiger partial charge in [0.05, 0.1) is 13.2 Å². The van der Waals surface area contributed by atoms with E-state index in [-0.39, 0.29) is 0 Å². The molecule has 11 nitrogen and oxygen atoms in total. The van der Waals surface area contributed by atoms with Crippen LogP contribution in [0.2, 0.25) is 0 Å². The lowest BCUT2D eigenvalue weighted by molar-refractivity contribution is -0.305. The van der Waals surface area contributed by atoms with Gasteiger partial charge in [0.2, 0.25) is 11.9 Å². The van der Waals surface area contributed by atoms with E-state index in [9.17, 15) is 30.0 Å². The van der Waals surface area contributed by atoms with Crippen LogP contribution in [0.15, 0.2) is 0 Å². The predicted octanol–water partition coefficient (Wildman–Crippen LogP) is -4.98. The van der Waals surface area contributed by atoms with E-state index < -0.39 is 74.0 Å². The third-order valence-electron chi connectivity index (χ3n) is 3.65. The Morgan fingerprint density at radius 2 is 1.74 bits per heavy atom. The molecule has 0 aliphatic carbocycles. The van der Waals surface area contributed by atoms with E-state index in [0.29, 0.717) is 0 Å². The van der Waals surface area contributed by atoms with Crippen LogP contribution in [-0.4, -0.2) is 105 Å². The van der Waals surface area contributed by atoms with Crippen LogP contribution in [-0.2, 0) is 23.8 Å². The van der Waals surface area contributed by atoms with Gasteiger partial charge in [0.25, 0.3) is 0 Å². The number of Topliss-reactive ketones (excluding diaryl/α,β-unsaturated/α-hetero) is 1. The Bertz CT molecular complexity index is 452. The zero-order valence-electron chi connectivity index (χ0n) is 11.8. The number of hydrogen-bond donors (Lipinski definition) is 6. The van der Waals surface area contributed by atoms with Crippen LogP contribution in [0.1, 0.15) is 0 Å². The van der Waals surface area contributed by atoms with E-state index in [1.165, 1.54) is 0 Å². The second-order valence-corrected chi connectivity index (χ2v) is 5.26. The minimum atomic E-state index is -1.97. The molecule has 0 amide bonds. The number of esters is 1. The first-order chi connectivity index (χ1) is 10.8. The first kappa shape index (κ1) is 18.2. The lowest BCUT2D eigenvalue weighted by Gasteiger charge is -2.39. The highest BCUT2D eigenvalue weighted by Gasteiger charge is 2.47. The molecule has 23 heavy (non-hydrogen) atoms. The van der Waals surface area contributed by atoms with Crippen LogP contribution in [0.5, 0.6) is 0 Å². The molecule has 11 heteroatoms. The standard InChI is InChI=1S/C12H18O11/c13-1-4-5(15)6(16)9(19)12(22-4)21-2-3(14)10-7(17)8(18)11(20)23-10/h3-6,8-10,12-16,18-19H,1-2H2/t3-,4+,5+,6-,8?,9+,10+,12-/m0/s1. The number of carbonyl (C=O) groups is 2. The first-order valence-corrected chi connectivity index (χ1v) is 6.80. The Morgan fingerprint density at radius 1 is 1.09 bits per heavy atom. The van der Waals surface area contributed by atoms with Crippen molar-refractivity contribution in [3.8, 4) is 0 Å². The molecule has 2 saturated heterocycles. The van der Waals surface area contributed by atoms with Crippen molar-refractivity contribution in [1.82, 2.24) is 0 Å². The van der Waals surface area contributed by atoms with Gasteiger partial charge in [-0.15, -0.1) is 0 Å². The van der Waals surface area contributed by atoms with E-state index in [1.807, 2.05) is 0 Å². The summed E-state index contributed by atoms with van der Waals surface area (Å²) in [7, 11) is 0.